The molecule has 2 aliphatic carbocycles. The molecule has 0 aromatic rings. The average Bonchev–Trinajstić information content (AvgIpc) is 2.64. The predicted molar refractivity (Wildman–Crippen MR) is 76.6 cm³/mol. The maximum atomic E-state index is 10.7. The van der Waals surface area contributed by atoms with Crippen molar-refractivity contribution in [2.45, 2.75) is 26.7 Å². The van der Waals surface area contributed by atoms with Gasteiger partial charge in [0, 0.05) is 0 Å². The largest absolute Gasteiger partial charge is 0.281 e. The van der Waals surface area contributed by atoms with Crippen molar-refractivity contribution in [1.29, 1.82) is 0 Å². The van der Waals surface area contributed by atoms with Crippen LogP contribution in [0.4, 0.5) is 5.69 Å². The van der Waals surface area contributed by atoms with Crippen LogP contribution in [-0.2, 0) is 11.2 Å². The van der Waals surface area contributed by atoms with E-state index >= 15 is 0 Å². The molecule has 19 heavy (non-hydrogen) atoms. The fraction of sp³-hybridized carbons (Fsp3) is 0.312. The Hall–Kier alpha value is -1.87. The number of rotatable bonds is 5. The molecule has 0 atom stereocenters. The number of aryl methyl sites for hydroxylation is 1. The highest BCUT2D eigenvalue weighted by Crippen LogP contribution is 2.31. The zero-order valence-electron chi connectivity index (χ0n) is 11.3. The van der Waals surface area contributed by atoms with Crippen molar-refractivity contribution >= 4 is 12.1 Å². The summed E-state index contributed by atoms with van der Waals surface area (Å²) in [5.41, 5.74) is 3.98. The van der Waals surface area contributed by atoms with Gasteiger partial charge < -0.3 is 0 Å². The highest BCUT2D eigenvalue weighted by Gasteiger charge is 2.11. The van der Waals surface area contributed by atoms with Gasteiger partial charge in [0.2, 0.25) is 6.41 Å². The fourth-order valence-corrected chi connectivity index (χ4v) is 2.19. The van der Waals surface area contributed by atoms with Crippen molar-refractivity contribution in [1.82, 2.24) is 0 Å². The summed E-state index contributed by atoms with van der Waals surface area (Å²) in [6.07, 6.45) is 2.54. The minimum absolute atomic E-state index is 0.401. The molecule has 2 rings (SSSR count). The molecule has 0 aromatic heterocycles. The SMILES string of the molecule is CC(C)CCc1ccc2cccc(N(O)C=O)cc1-2. The molecule has 3 nitrogen and oxygen atoms in total. The summed E-state index contributed by atoms with van der Waals surface area (Å²) in [4.78, 5) is 10.7. The summed E-state index contributed by atoms with van der Waals surface area (Å²) in [5, 5.41) is 10.1. The highest BCUT2D eigenvalue weighted by atomic mass is 16.5. The van der Waals surface area contributed by atoms with Crippen molar-refractivity contribution in [2.24, 2.45) is 5.92 Å². The molecule has 0 bridgehead atoms. The van der Waals surface area contributed by atoms with Gasteiger partial charge in [-0.25, -0.2) is 0 Å². The topological polar surface area (TPSA) is 40.5 Å². The van der Waals surface area contributed by atoms with Gasteiger partial charge in [-0.15, -0.1) is 0 Å². The number of carbonyl (C=O) groups excluding carboxylic acids is 1. The second-order valence-electron chi connectivity index (χ2n) is 5.21. The minimum Gasteiger partial charge on any atom is -0.281 e. The van der Waals surface area contributed by atoms with Crippen LogP contribution in [0.2, 0.25) is 0 Å². The van der Waals surface area contributed by atoms with E-state index in [0.29, 0.717) is 23.1 Å². The smallest absolute Gasteiger partial charge is 0.237 e. The molecule has 0 fully saturated rings. The molecule has 3 heteroatoms. The Balaban J connectivity index is 2.38. The molecule has 0 heterocycles. The number of hydroxylamine groups is 1. The highest BCUT2D eigenvalue weighted by molar-refractivity contribution is 5.78. The van der Waals surface area contributed by atoms with Crippen LogP contribution in [0.1, 0.15) is 25.8 Å². The van der Waals surface area contributed by atoms with Gasteiger partial charge in [-0.2, -0.15) is 5.06 Å². The minimum atomic E-state index is 0.401. The molecule has 1 N–H and O–H groups in total. The number of amides is 1. The van der Waals surface area contributed by atoms with E-state index in [1.165, 1.54) is 5.56 Å². The van der Waals surface area contributed by atoms with E-state index in [2.05, 4.69) is 26.0 Å². The lowest BCUT2D eigenvalue weighted by atomic mass is 10.0. The van der Waals surface area contributed by atoms with E-state index in [4.69, 9.17) is 0 Å². The summed E-state index contributed by atoms with van der Waals surface area (Å²) in [5.74, 6) is 0.659. The van der Waals surface area contributed by atoms with Gasteiger partial charge in [-0.05, 0) is 47.6 Å². The van der Waals surface area contributed by atoms with Gasteiger partial charge in [0.1, 0.15) is 0 Å². The third-order valence-electron chi connectivity index (χ3n) is 3.31. The Labute approximate surface area is 113 Å². The summed E-state index contributed by atoms with van der Waals surface area (Å²) in [7, 11) is 0. The van der Waals surface area contributed by atoms with Crippen molar-refractivity contribution < 1.29 is 10.0 Å². The molecule has 1 amide bonds. The molecule has 2 aliphatic rings. The first kappa shape index (κ1) is 13.6. The standard InChI is InChI=1S/C16H19NO2/c1-12(2)6-7-14-9-8-13-4-3-5-15(10-16(13)14)17(19)11-18/h3-5,8-12,19H,6-7H2,1-2H3. The van der Waals surface area contributed by atoms with E-state index in [1.54, 1.807) is 6.07 Å². The van der Waals surface area contributed by atoms with Crippen molar-refractivity contribution in [3.05, 3.63) is 42.0 Å². The van der Waals surface area contributed by atoms with Crippen molar-refractivity contribution in [2.75, 3.05) is 5.06 Å². The normalized spacial score (nSPS) is 10.9. The Morgan fingerprint density at radius 3 is 2.74 bits per heavy atom. The molecule has 0 aliphatic heterocycles. The lowest BCUT2D eigenvalue weighted by Gasteiger charge is -2.08. The number of hydrogen-bond donors (Lipinski definition) is 1. The second-order valence-corrected chi connectivity index (χ2v) is 5.21. The Bertz CT molecular complexity index is 536. The number of fused-ring (bicyclic) bond motifs is 1. The first-order chi connectivity index (χ1) is 9.11. The van der Waals surface area contributed by atoms with Gasteiger partial charge in [0.05, 0.1) is 5.69 Å². The van der Waals surface area contributed by atoms with E-state index < -0.39 is 0 Å². The predicted octanol–water partition coefficient (Wildman–Crippen LogP) is 3.73. The Morgan fingerprint density at radius 2 is 2.05 bits per heavy atom. The quantitative estimate of drug-likeness (QED) is 0.503. The number of carbonyl (C=O) groups is 1. The summed E-state index contributed by atoms with van der Waals surface area (Å²) >= 11 is 0. The van der Waals surface area contributed by atoms with Crippen LogP contribution < -0.4 is 5.06 Å². The average molecular weight is 257 g/mol. The second kappa shape index (κ2) is 5.85. The van der Waals surface area contributed by atoms with Crippen LogP contribution in [0, 0.1) is 5.92 Å². The van der Waals surface area contributed by atoms with Crippen molar-refractivity contribution in [3.63, 3.8) is 0 Å². The van der Waals surface area contributed by atoms with Crippen LogP contribution in [-0.4, -0.2) is 11.6 Å². The summed E-state index contributed by atoms with van der Waals surface area (Å²) < 4.78 is 0. The van der Waals surface area contributed by atoms with Crippen LogP contribution in [0.15, 0.2) is 36.4 Å². The van der Waals surface area contributed by atoms with Crippen LogP contribution >= 0.6 is 0 Å². The van der Waals surface area contributed by atoms with Gasteiger partial charge in [-0.3, -0.25) is 10.0 Å². The Kier molecular flexibility index (Phi) is 4.17. The molecule has 0 saturated heterocycles. The van der Waals surface area contributed by atoms with Gasteiger partial charge in [-0.1, -0.05) is 38.1 Å². The van der Waals surface area contributed by atoms with Gasteiger partial charge >= 0.3 is 0 Å². The lowest BCUT2D eigenvalue weighted by molar-refractivity contribution is -0.111. The molecule has 0 unspecified atom stereocenters. The maximum Gasteiger partial charge on any atom is 0.237 e. The molecule has 0 aromatic carbocycles. The number of hydrogen-bond acceptors (Lipinski definition) is 2. The summed E-state index contributed by atoms with van der Waals surface area (Å²) in [6, 6.07) is 11.6. The monoisotopic (exact) mass is 257 g/mol. The first-order valence-corrected chi connectivity index (χ1v) is 6.57. The van der Waals surface area contributed by atoms with Crippen LogP contribution in [0.25, 0.3) is 11.1 Å². The molecule has 0 saturated carbocycles. The third-order valence-corrected chi connectivity index (χ3v) is 3.31. The van der Waals surface area contributed by atoms with Gasteiger partial charge in [0.15, 0.2) is 0 Å². The molecular weight excluding hydrogens is 238 g/mol. The van der Waals surface area contributed by atoms with E-state index in [1.807, 2.05) is 18.2 Å². The number of anilines is 1. The van der Waals surface area contributed by atoms with E-state index in [0.717, 1.165) is 24.0 Å². The first-order valence-electron chi connectivity index (χ1n) is 6.57. The molecule has 100 valence electrons. The van der Waals surface area contributed by atoms with E-state index in [-0.39, 0.29) is 0 Å². The zero-order valence-corrected chi connectivity index (χ0v) is 11.3. The Morgan fingerprint density at radius 1 is 1.26 bits per heavy atom. The van der Waals surface area contributed by atoms with Crippen LogP contribution in [0.3, 0.4) is 0 Å². The summed E-state index contributed by atoms with van der Waals surface area (Å²) in [6.45, 7) is 4.41. The van der Waals surface area contributed by atoms with E-state index in [9.17, 15) is 10.0 Å². The van der Waals surface area contributed by atoms with Crippen LogP contribution in [0.5, 0.6) is 0 Å². The lowest BCUT2D eigenvalue weighted by Crippen LogP contribution is -2.14. The molecule has 0 radical (unpaired) electrons. The number of nitrogens with zero attached hydrogens (tertiary/aromatic N) is 1. The molecular formula is C16H19NO2. The zero-order chi connectivity index (χ0) is 13.8. The molecule has 0 spiro atoms. The third kappa shape index (κ3) is 3.12. The fourth-order valence-electron chi connectivity index (χ4n) is 2.19. The maximum absolute atomic E-state index is 10.7. The van der Waals surface area contributed by atoms with Crippen molar-refractivity contribution in [3.8, 4) is 11.1 Å². The van der Waals surface area contributed by atoms with Gasteiger partial charge in [0.25, 0.3) is 0 Å².